The Balaban J connectivity index is 1.82. The Labute approximate surface area is 118 Å². The maximum atomic E-state index is 12.5. The minimum Gasteiger partial charge on any atom is -0.399 e. The summed E-state index contributed by atoms with van der Waals surface area (Å²) in [5.74, 6) is 0.0928. The van der Waals surface area contributed by atoms with Crippen LogP contribution in [-0.2, 0) is 0 Å². The molecular formula is C16H21N3O. The number of carbonyl (C=O) groups excluding carboxylic acids is 1. The Morgan fingerprint density at radius 3 is 2.65 bits per heavy atom. The fourth-order valence-electron chi connectivity index (χ4n) is 2.75. The molecule has 0 saturated carbocycles. The summed E-state index contributed by atoms with van der Waals surface area (Å²) in [6, 6.07) is 7.55. The Bertz CT molecular complexity index is 647. The topological polar surface area (TPSA) is 62.1 Å². The van der Waals surface area contributed by atoms with Crippen LogP contribution in [0, 0.1) is 5.41 Å². The molecule has 1 aromatic carbocycles. The van der Waals surface area contributed by atoms with Crippen LogP contribution in [0.1, 0.15) is 37.2 Å². The van der Waals surface area contributed by atoms with Crippen molar-refractivity contribution in [1.82, 2.24) is 9.88 Å². The van der Waals surface area contributed by atoms with Crippen LogP contribution in [0.5, 0.6) is 0 Å². The number of amides is 1. The molecule has 0 aliphatic carbocycles. The van der Waals surface area contributed by atoms with Crippen LogP contribution in [-0.4, -0.2) is 28.9 Å². The number of carbonyl (C=O) groups is 1. The molecule has 3 rings (SSSR count). The smallest absolute Gasteiger partial charge is 0.270 e. The van der Waals surface area contributed by atoms with Gasteiger partial charge in [-0.15, -0.1) is 0 Å². The maximum Gasteiger partial charge on any atom is 0.270 e. The third kappa shape index (κ3) is 2.38. The standard InChI is InChI=1S/C16H21N3O/c1-16(2)5-7-19(8-6-16)15(20)14-10-11-9-12(17)3-4-13(11)18-14/h3-4,9-10,18H,5-8,17H2,1-2H3. The minimum atomic E-state index is 0.0928. The van der Waals surface area contributed by atoms with Crippen molar-refractivity contribution in [2.45, 2.75) is 26.7 Å². The van der Waals surface area contributed by atoms with Crippen molar-refractivity contribution in [2.75, 3.05) is 18.8 Å². The molecule has 106 valence electrons. The molecule has 1 fully saturated rings. The van der Waals surface area contributed by atoms with E-state index < -0.39 is 0 Å². The maximum absolute atomic E-state index is 12.5. The van der Waals surface area contributed by atoms with Gasteiger partial charge in [-0.1, -0.05) is 13.8 Å². The zero-order valence-corrected chi connectivity index (χ0v) is 12.1. The molecule has 1 amide bonds. The highest BCUT2D eigenvalue weighted by Gasteiger charge is 2.28. The van der Waals surface area contributed by atoms with Gasteiger partial charge in [0.05, 0.1) is 0 Å². The first kappa shape index (κ1) is 13.0. The van der Waals surface area contributed by atoms with Gasteiger partial charge in [-0.2, -0.15) is 0 Å². The summed E-state index contributed by atoms with van der Waals surface area (Å²) in [6.45, 7) is 6.20. The Morgan fingerprint density at radius 2 is 1.95 bits per heavy atom. The lowest BCUT2D eigenvalue weighted by molar-refractivity contribution is 0.0625. The van der Waals surface area contributed by atoms with Crippen molar-refractivity contribution in [3.8, 4) is 0 Å². The number of fused-ring (bicyclic) bond motifs is 1. The average Bonchev–Trinajstić information content (AvgIpc) is 2.80. The van der Waals surface area contributed by atoms with Crippen LogP contribution < -0.4 is 5.73 Å². The first-order chi connectivity index (χ1) is 9.44. The van der Waals surface area contributed by atoms with Gasteiger partial charge in [-0.3, -0.25) is 4.79 Å². The van der Waals surface area contributed by atoms with Crippen molar-refractivity contribution < 1.29 is 4.79 Å². The molecule has 20 heavy (non-hydrogen) atoms. The lowest BCUT2D eigenvalue weighted by Gasteiger charge is -2.36. The summed E-state index contributed by atoms with van der Waals surface area (Å²) in [5, 5.41) is 0.991. The van der Waals surface area contributed by atoms with E-state index in [1.54, 1.807) is 0 Å². The third-order valence-electron chi connectivity index (χ3n) is 4.28. The second-order valence-electron chi connectivity index (χ2n) is 6.49. The molecule has 4 heteroatoms. The molecule has 1 aliphatic heterocycles. The Morgan fingerprint density at radius 1 is 1.25 bits per heavy atom. The van der Waals surface area contributed by atoms with Crippen molar-refractivity contribution >= 4 is 22.5 Å². The number of benzene rings is 1. The molecule has 1 saturated heterocycles. The number of aromatic nitrogens is 1. The SMILES string of the molecule is CC1(C)CCN(C(=O)c2cc3cc(N)ccc3[nH]2)CC1. The summed E-state index contributed by atoms with van der Waals surface area (Å²) >= 11 is 0. The van der Waals surface area contributed by atoms with Crippen molar-refractivity contribution in [2.24, 2.45) is 5.41 Å². The zero-order valence-electron chi connectivity index (χ0n) is 12.1. The molecule has 0 atom stereocenters. The number of anilines is 1. The molecule has 0 radical (unpaired) electrons. The van der Waals surface area contributed by atoms with Gasteiger partial charge < -0.3 is 15.6 Å². The van der Waals surface area contributed by atoms with Gasteiger partial charge in [-0.05, 0) is 42.5 Å². The predicted octanol–water partition coefficient (Wildman–Crippen LogP) is 3.01. The number of likely N-dealkylation sites (tertiary alicyclic amines) is 1. The minimum absolute atomic E-state index is 0.0928. The lowest BCUT2D eigenvalue weighted by Crippen LogP contribution is -2.41. The van der Waals surface area contributed by atoms with Gasteiger partial charge in [0, 0.05) is 29.7 Å². The fraction of sp³-hybridized carbons (Fsp3) is 0.438. The summed E-state index contributed by atoms with van der Waals surface area (Å²) < 4.78 is 0. The van der Waals surface area contributed by atoms with Crippen molar-refractivity contribution in [3.63, 3.8) is 0 Å². The molecule has 0 bridgehead atoms. The Hall–Kier alpha value is -1.97. The summed E-state index contributed by atoms with van der Waals surface area (Å²) in [7, 11) is 0. The number of hydrogen-bond donors (Lipinski definition) is 2. The monoisotopic (exact) mass is 271 g/mol. The van der Waals surface area contributed by atoms with Crippen LogP contribution in [0.4, 0.5) is 5.69 Å². The van der Waals surface area contributed by atoms with Gasteiger partial charge >= 0.3 is 0 Å². The fourth-order valence-corrected chi connectivity index (χ4v) is 2.75. The van der Waals surface area contributed by atoms with Crippen molar-refractivity contribution in [3.05, 3.63) is 30.0 Å². The Kier molecular flexibility index (Phi) is 2.96. The van der Waals surface area contributed by atoms with Gasteiger partial charge in [0.1, 0.15) is 5.69 Å². The van der Waals surface area contributed by atoms with Crippen LogP contribution in [0.3, 0.4) is 0 Å². The highest BCUT2D eigenvalue weighted by atomic mass is 16.2. The van der Waals surface area contributed by atoms with E-state index >= 15 is 0 Å². The number of nitrogen functional groups attached to an aromatic ring is 1. The summed E-state index contributed by atoms with van der Waals surface area (Å²) in [6.07, 6.45) is 2.12. The van der Waals surface area contributed by atoms with Crippen LogP contribution >= 0.6 is 0 Å². The average molecular weight is 271 g/mol. The van der Waals surface area contributed by atoms with E-state index in [9.17, 15) is 4.79 Å². The predicted molar refractivity (Wildman–Crippen MR) is 81.6 cm³/mol. The highest BCUT2D eigenvalue weighted by molar-refractivity contribution is 5.98. The van der Waals surface area contributed by atoms with E-state index in [-0.39, 0.29) is 5.91 Å². The van der Waals surface area contributed by atoms with Gasteiger partial charge in [0.15, 0.2) is 0 Å². The lowest BCUT2D eigenvalue weighted by atomic mass is 9.82. The zero-order chi connectivity index (χ0) is 14.3. The summed E-state index contributed by atoms with van der Waals surface area (Å²) in [4.78, 5) is 17.7. The van der Waals surface area contributed by atoms with E-state index in [1.165, 1.54) is 0 Å². The molecule has 0 spiro atoms. The molecular weight excluding hydrogens is 250 g/mol. The van der Waals surface area contributed by atoms with Gasteiger partial charge in [0.25, 0.3) is 5.91 Å². The van der Waals surface area contributed by atoms with Crippen LogP contribution in [0.2, 0.25) is 0 Å². The molecule has 2 heterocycles. The van der Waals surface area contributed by atoms with E-state index in [0.717, 1.165) is 42.5 Å². The van der Waals surface area contributed by atoms with E-state index in [1.807, 2.05) is 29.2 Å². The number of hydrogen-bond acceptors (Lipinski definition) is 2. The first-order valence-electron chi connectivity index (χ1n) is 7.12. The highest BCUT2D eigenvalue weighted by Crippen LogP contribution is 2.30. The molecule has 2 aromatic rings. The number of aromatic amines is 1. The molecule has 4 nitrogen and oxygen atoms in total. The third-order valence-corrected chi connectivity index (χ3v) is 4.28. The number of nitrogens with zero attached hydrogens (tertiary/aromatic N) is 1. The van der Waals surface area contributed by atoms with E-state index in [4.69, 9.17) is 5.73 Å². The van der Waals surface area contributed by atoms with Crippen LogP contribution in [0.15, 0.2) is 24.3 Å². The molecule has 1 aliphatic rings. The second kappa shape index (κ2) is 4.54. The number of H-pyrrole nitrogens is 1. The van der Waals surface area contributed by atoms with E-state index in [2.05, 4.69) is 18.8 Å². The largest absolute Gasteiger partial charge is 0.399 e. The number of piperidine rings is 1. The van der Waals surface area contributed by atoms with Crippen LogP contribution in [0.25, 0.3) is 10.9 Å². The number of rotatable bonds is 1. The van der Waals surface area contributed by atoms with Gasteiger partial charge in [-0.25, -0.2) is 0 Å². The van der Waals surface area contributed by atoms with E-state index in [0.29, 0.717) is 11.1 Å². The van der Waals surface area contributed by atoms with Gasteiger partial charge in [0.2, 0.25) is 0 Å². The van der Waals surface area contributed by atoms with Crippen molar-refractivity contribution in [1.29, 1.82) is 0 Å². The number of nitrogens with two attached hydrogens (primary N) is 1. The molecule has 0 unspecified atom stereocenters. The summed E-state index contributed by atoms with van der Waals surface area (Å²) in [5.41, 5.74) is 8.46. The second-order valence-corrected chi connectivity index (χ2v) is 6.49. The number of nitrogens with one attached hydrogen (secondary N) is 1. The first-order valence-corrected chi connectivity index (χ1v) is 7.12. The molecule has 3 N–H and O–H groups in total. The normalized spacial score (nSPS) is 18.4. The quantitative estimate of drug-likeness (QED) is 0.783. The molecule has 1 aromatic heterocycles.